The van der Waals surface area contributed by atoms with Crippen molar-refractivity contribution in [2.24, 2.45) is 5.73 Å². The predicted molar refractivity (Wildman–Crippen MR) is 159 cm³/mol. The monoisotopic (exact) mass is 493 g/mol. The molecule has 0 unspecified atom stereocenters. The number of rotatable bonds is 8. The minimum Gasteiger partial charge on any atom is -0.387 e. The van der Waals surface area contributed by atoms with Crippen molar-refractivity contribution < 1.29 is 5.11 Å². The highest BCUT2D eigenvalue weighted by Crippen LogP contribution is 2.18. The minimum absolute atomic E-state index is 0. The van der Waals surface area contributed by atoms with Crippen LogP contribution in [0.4, 0.5) is 0 Å². The second kappa shape index (κ2) is 18.7. The van der Waals surface area contributed by atoms with Gasteiger partial charge in [0.1, 0.15) is 0 Å². The van der Waals surface area contributed by atoms with Crippen molar-refractivity contribution in [2.75, 3.05) is 14.1 Å². The SMILES string of the molecule is C.CN[C@@H](C)[C@@H](O)c1ccccc1.CN[C@H](C)[C@@H](C)c1ccccc1.C[C@H](N)[C@H](C)c1ccccc1. The molecule has 0 bridgehead atoms. The van der Waals surface area contributed by atoms with Crippen LogP contribution in [0, 0.1) is 0 Å². The van der Waals surface area contributed by atoms with Crippen LogP contribution in [0.1, 0.15) is 76.7 Å². The van der Waals surface area contributed by atoms with Gasteiger partial charge in [0.2, 0.25) is 0 Å². The summed E-state index contributed by atoms with van der Waals surface area (Å²) >= 11 is 0. The summed E-state index contributed by atoms with van der Waals surface area (Å²) in [5.41, 5.74) is 9.45. The maximum Gasteiger partial charge on any atom is 0.0940 e. The lowest BCUT2D eigenvalue weighted by molar-refractivity contribution is 0.140. The van der Waals surface area contributed by atoms with E-state index in [9.17, 15) is 5.11 Å². The second-order valence-electron chi connectivity index (χ2n) is 9.27. The van der Waals surface area contributed by atoms with Crippen molar-refractivity contribution >= 4 is 0 Å². The van der Waals surface area contributed by atoms with Crippen molar-refractivity contribution in [2.45, 2.75) is 78.1 Å². The van der Waals surface area contributed by atoms with Gasteiger partial charge in [-0.2, -0.15) is 0 Å². The number of nitrogens with one attached hydrogen (secondary N) is 2. The standard InChI is InChI=1S/C11H17N.C10H15NO.C10H15N.CH4/c1-9(10(2)12-3)11-7-5-4-6-8-11;1-8(11-2)10(12)9-6-4-3-5-7-9;1-8(9(2)11)10-6-4-3-5-7-10;/h4-10,12H,1-3H3;3-8,10-12H,1-2H3;3-9H,11H2,1-2H3;1H4/t9-,10-;8-,10+;8-,9-;/m100./s1. The molecule has 0 radical (unpaired) electrons. The number of nitrogens with two attached hydrogens (primary N) is 1. The number of hydrogen-bond acceptors (Lipinski definition) is 4. The highest BCUT2D eigenvalue weighted by molar-refractivity contribution is 5.21. The van der Waals surface area contributed by atoms with Crippen molar-refractivity contribution in [3.63, 3.8) is 0 Å². The molecule has 0 spiro atoms. The zero-order valence-electron chi connectivity index (χ0n) is 22.6. The predicted octanol–water partition coefficient (Wildman–Crippen LogP) is 6.50. The Hall–Kier alpha value is -2.50. The number of benzene rings is 3. The Bertz CT molecular complexity index is 836. The highest BCUT2D eigenvalue weighted by Gasteiger charge is 2.13. The molecule has 0 aromatic heterocycles. The first-order valence-corrected chi connectivity index (χ1v) is 12.7. The van der Waals surface area contributed by atoms with Crippen LogP contribution in [0.3, 0.4) is 0 Å². The molecule has 4 heteroatoms. The van der Waals surface area contributed by atoms with E-state index in [0.29, 0.717) is 17.9 Å². The first-order chi connectivity index (χ1) is 16.7. The molecule has 3 aromatic rings. The third kappa shape index (κ3) is 12.0. The molecule has 3 aromatic carbocycles. The molecule has 5 N–H and O–H groups in total. The van der Waals surface area contributed by atoms with Crippen LogP contribution in [-0.4, -0.2) is 37.3 Å². The molecule has 6 atom stereocenters. The Balaban J connectivity index is 0.000000504. The summed E-state index contributed by atoms with van der Waals surface area (Å²) in [6, 6.07) is 31.5. The lowest BCUT2D eigenvalue weighted by atomic mass is 9.95. The molecule has 36 heavy (non-hydrogen) atoms. The van der Waals surface area contributed by atoms with Crippen LogP contribution < -0.4 is 16.4 Å². The van der Waals surface area contributed by atoms with Gasteiger partial charge in [0.05, 0.1) is 6.10 Å². The van der Waals surface area contributed by atoms with Gasteiger partial charge in [-0.3, -0.25) is 0 Å². The Morgan fingerprint density at radius 2 is 0.889 bits per heavy atom. The quantitative estimate of drug-likeness (QED) is 0.289. The van der Waals surface area contributed by atoms with Gasteiger partial charge in [-0.05, 0) is 63.4 Å². The summed E-state index contributed by atoms with van der Waals surface area (Å²) in [6.45, 7) is 10.6. The lowest BCUT2D eigenvalue weighted by Gasteiger charge is -2.19. The molecule has 0 aliphatic rings. The second-order valence-corrected chi connectivity index (χ2v) is 9.27. The Morgan fingerprint density at radius 3 is 1.22 bits per heavy atom. The molecule has 0 saturated carbocycles. The fraction of sp³-hybridized carbons (Fsp3) is 0.438. The third-order valence-electron chi connectivity index (χ3n) is 6.71. The summed E-state index contributed by atoms with van der Waals surface area (Å²) in [5, 5.41) is 16.0. The largest absolute Gasteiger partial charge is 0.387 e. The lowest BCUT2D eigenvalue weighted by Crippen LogP contribution is -2.28. The van der Waals surface area contributed by atoms with Crippen LogP contribution >= 0.6 is 0 Å². The number of aliphatic hydroxyl groups is 1. The average molecular weight is 494 g/mol. The van der Waals surface area contributed by atoms with Gasteiger partial charge in [-0.25, -0.2) is 0 Å². The molecule has 4 nitrogen and oxygen atoms in total. The maximum absolute atomic E-state index is 9.73. The first-order valence-electron chi connectivity index (χ1n) is 12.7. The summed E-state index contributed by atoms with van der Waals surface area (Å²) in [7, 11) is 3.85. The van der Waals surface area contributed by atoms with E-state index >= 15 is 0 Å². The van der Waals surface area contributed by atoms with Crippen molar-refractivity contribution in [3.8, 4) is 0 Å². The van der Waals surface area contributed by atoms with Gasteiger partial charge < -0.3 is 21.5 Å². The number of hydrogen-bond donors (Lipinski definition) is 4. The molecule has 0 saturated heterocycles. The zero-order valence-corrected chi connectivity index (χ0v) is 22.6. The van der Waals surface area contributed by atoms with E-state index in [4.69, 9.17) is 5.73 Å². The summed E-state index contributed by atoms with van der Waals surface area (Å²) in [4.78, 5) is 0. The first kappa shape index (κ1) is 33.5. The topological polar surface area (TPSA) is 70.3 Å². The molecule has 200 valence electrons. The smallest absolute Gasteiger partial charge is 0.0940 e. The highest BCUT2D eigenvalue weighted by atomic mass is 16.3. The van der Waals surface area contributed by atoms with Gasteiger partial charge in [-0.15, -0.1) is 0 Å². The Morgan fingerprint density at radius 1 is 0.556 bits per heavy atom. The summed E-state index contributed by atoms with van der Waals surface area (Å²) in [5.74, 6) is 1.03. The number of aliphatic hydroxyl groups excluding tert-OH is 1. The fourth-order valence-electron chi connectivity index (χ4n) is 3.45. The van der Waals surface area contributed by atoms with E-state index in [2.05, 4.69) is 73.9 Å². The van der Waals surface area contributed by atoms with Gasteiger partial charge in [0, 0.05) is 18.1 Å². The Kier molecular flexibility index (Phi) is 17.4. The molecular formula is C32H51N3O. The molecular weight excluding hydrogens is 442 g/mol. The van der Waals surface area contributed by atoms with Crippen LogP contribution in [-0.2, 0) is 0 Å². The summed E-state index contributed by atoms with van der Waals surface area (Å²) < 4.78 is 0. The molecule has 0 aliphatic carbocycles. The molecule has 0 amide bonds. The average Bonchev–Trinajstić information content (AvgIpc) is 2.93. The summed E-state index contributed by atoms with van der Waals surface area (Å²) in [6.07, 6.45) is -0.420. The van der Waals surface area contributed by atoms with Gasteiger partial charge in [0.15, 0.2) is 0 Å². The van der Waals surface area contributed by atoms with E-state index in [-0.39, 0.29) is 19.5 Å². The van der Waals surface area contributed by atoms with Gasteiger partial charge in [-0.1, -0.05) is 112 Å². The van der Waals surface area contributed by atoms with Crippen molar-refractivity contribution in [3.05, 3.63) is 108 Å². The van der Waals surface area contributed by atoms with E-state index in [1.807, 2.05) is 76.5 Å². The maximum atomic E-state index is 9.73. The fourth-order valence-corrected chi connectivity index (χ4v) is 3.45. The minimum atomic E-state index is -0.420. The zero-order chi connectivity index (χ0) is 26.2. The Labute approximate surface area is 221 Å². The van der Waals surface area contributed by atoms with E-state index in [1.165, 1.54) is 11.1 Å². The van der Waals surface area contributed by atoms with Crippen LogP contribution in [0.25, 0.3) is 0 Å². The number of likely N-dealkylation sites (N-methyl/N-ethyl adjacent to an activating group) is 2. The van der Waals surface area contributed by atoms with Crippen molar-refractivity contribution in [1.29, 1.82) is 0 Å². The molecule has 3 rings (SSSR count). The normalized spacial score (nSPS) is 15.2. The van der Waals surface area contributed by atoms with E-state index < -0.39 is 6.10 Å². The molecule has 0 aliphatic heterocycles. The van der Waals surface area contributed by atoms with Crippen LogP contribution in [0.5, 0.6) is 0 Å². The third-order valence-corrected chi connectivity index (χ3v) is 6.71. The van der Waals surface area contributed by atoms with E-state index in [1.54, 1.807) is 0 Å². The van der Waals surface area contributed by atoms with E-state index in [0.717, 1.165) is 5.56 Å². The van der Waals surface area contributed by atoms with Crippen LogP contribution in [0.2, 0.25) is 0 Å². The van der Waals surface area contributed by atoms with Gasteiger partial charge in [0.25, 0.3) is 0 Å². The van der Waals surface area contributed by atoms with Gasteiger partial charge >= 0.3 is 0 Å². The van der Waals surface area contributed by atoms with Crippen LogP contribution in [0.15, 0.2) is 91.0 Å². The molecule has 0 heterocycles. The van der Waals surface area contributed by atoms with Crippen molar-refractivity contribution in [1.82, 2.24) is 10.6 Å². The molecule has 0 fully saturated rings.